The molecule has 5 aromatic rings. The number of unbranched alkanes of at least 4 members (excludes halogenated alkanes) is 2. The number of cyclic esters (lactones) is 1. The number of benzene rings is 3. The maximum absolute atomic E-state index is 14.4. The van der Waals surface area contributed by atoms with Gasteiger partial charge in [0.2, 0.25) is 23.6 Å². The third-order valence-corrected chi connectivity index (χ3v) is 16.8. The summed E-state index contributed by atoms with van der Waals surface area (Å²) in [6, 6.07) is 14.9. The molecular formula is C62H63N9O15. The number of ether oxygens (including phenoxy) is 3. The third-order valence-electron chi connectivity index (χ3n) is 16.8. The van der Waals surface area contributed by atoms with Gasteiger partial charge in [-0.15, -0.1) is 0 Å². The number of hydrogen-bond donors (Lipinski definition) is 6. The quantitative estimate of drug-likeness (QED) is 0.0312. The van der Waals surface area contributed by atoms with E-state index >= 15 is 0 Å². The Morgan fingerprint density at radius 1 is 0.860 bits per heavy atom. The zero-order chi connectivity index (χ0) is 60.6. The van der Waals surface area contributed by atoms with Crippen LogP contribution >= 0.6 is 0 Å². The predicted octanol–water partition coefficient (Wildman–Crippen LogP) is 3.20. The molecule has 0 spiro atoms. The molecule has 24 nitrogen and oxygen atoms in total. The van der Waals surface area contributed by atoms with Crippen molar-refractivity contribution in [2.75, 3.05) is 38.1 Å². The summed E-state index contributed by atoms with van der Waals surface area (Å²) in [5.41, 5.74) is 5.40. The number of pyridine rings is 2. The van der Waals surface area contributed by atoms with E-state index in [9.17, 15) is 57.8 Å². The number of nitrogens with one attached hydrogen (secondary N) is 5. The van der Waals surface area contributed by atoms with Crippen LogP contribution in [0.15, 0.2) is 77.6 Å². The topological polar surface area (TPSA) is 320 Å². The van der Waals surface area contributed by atoms with Crippen molar-refractivity contribution in [1.29, 1.82) is 0 Å². The normalized spacial score (nSPS) is 19.3. The first kappa shape index (κ1) is 58.2. The van der Waals surface area contributed by atoms with Gasteiger partial charge >= 0.3 is 18.0 Å². The molecule has 7 aliphatic rings. The number of rotatable bonds is 18. The Balaban J connectivity index is 0.808. The van der Waals surface area contributed by atoms with E-state index in [1.807, 2.05) is 13.0 Å². The van der Waals surface area contributed by atoms with Gasteiger partial charge in [-0.25, -0.2) is 14.6 Å². The molecule has 0 unspecified atom stereocenters. The van der Waals surface area contributed by atoms with Gasteiger partial charge in [-0.3, -0.25) is 53.0 Å². The maximum atomic E-state index is 14.4. The molecule has 2 aromatic heterocycles. The van der Waals surface area contributed by atoms with E-state index in [2.05, 4.69) is 26.6 Å². The Morgan fingerprint density at radius 2 is 1.65 bits per heavy atom. The van der Waals surface area contributed by atoms with E-state index in [-0.39, 0.29) is 74.4 Å². The number of fused-ring (bicyclic) bond motifs is 8. The number of anilines is 1. The first-order valence-corrected chi connectivity index (χ1v) is 28.8. The van der Waals surface area contributed by atoms with Gasteiger partial charge in [-0.2, -0.15) is 0 Å². The average molecular weight is 1170 g/mol. The Bertz CT molecular complexity index is 3790. The van der Waals surface area contributed by atoms with Gasteiger partial charge in [0.05, 0.1) is 41.6 Å². The second-order valence-electron chi connectivity index (χ2n) is 22.3. The lowest BCUT2D eigenvalue weighted by molar-refractivity contribution is -0.172. The summed E-state index contributed by atoms with van der Waals surface area (Å²) >= 11 is 0. The smallest absolute Gasteiger partial charge is 0.410 e. The van der Waals surface area contributed by atoms with Crippen molar-refractivity contribution < 1.29 is 67.3 Å². The van der Waals surface area contributed by atoms with Crippen LogP contribution in [0.2, 0.25) is 0 Å². The number of esters is 2. The Kier molecular flexibility index (Phi) is 16.4. The molecule has 1 fully saturated rings. The third kappa shape index (κ3) is 11.4. The zero-order valence-electron chi connectivity index (χ0n) is 47.3. The number of carbonyl (C=O) groups excluding carboxylic acids is 10. The fourth-order valence-corrected chi connectivity index (χ4v) is 12.5. The predicted molar refractivity (Wildman–Crippen MR) is 306 cm³/mol. The lowest BCUT2D eigenvalue weighted by Gasteiger charge is -2.33. The summed E-state index contributed by atoms with van der Waals surface area (Å²) in [6.45, 7) is 1.83. The number of aryl methyl sites for hydroxylation is 2. The largest absolute Gasteiger partial charge is 0.458 e. The highest BCUT2D eigenvalue weighted by Gasteiger charge is 2.46. The SMILES string of the molecule is CC[C@@]1(O)C(=O)OCc2c1cc1n(c2=O)Cc2c-1nc1cc(C)c3c4c1c2[C@H](CC4)NC(=O)[C@@H]1CCCN1C(=O)OCc1ccc(NC(=O)CNC(=O)[C@H](Cc2ccccc2)NC(=O)COC(=O)CNC(=O)CCCCCN2C(=O)C=CC2=O)cc1-3. The first-order chi connectivity index (χ1) is 41.4. The van der Waals surface area contributed by atoms with Gasteiger partial charge in [0.25, 0.3) is 23.3 Å². The second kappa shape index (κ2) is 24.2. The van der Waals surface area contributed by atoms with Crippen LogP contribution in [0, 0.1) is 6.92 Å². The number of aliphatic hydroxyl groups is 1. The van der Waals surface area contributed by atoms with Crippen LogP contribution < -0.4 is 32.1 Å². The molecule has 1 aliphatic carbocycles. The van der Waals surface area contributed by atoms with Crippen LogP contribution in [0.25, 0.3) is 33.4 Å². The van der Waals surface area contributed by atoms with Crippen LogP contribution in [0.4, 0.5) is 10.5 Å². The van der Waals surface area contributed by atoms with Gasteiger partial charge in [0, 0.05) is 60.3 Å². The first-order valence-electron chi connectivity index (χ1n) is 28.8. The molecule has 86 heavy (non-hydrogen) atoms. The molecule has 446 valence electrons. The van der Waals surface area contributed by atoms with Crippen LogP contribution in [-0.4, -0.2) is 129 Å². The van der Waals surface area contributed by atoms with Crippen molar-refractivity contribution in [3.63, 3.8) is 0 Å². The Morgan fingerprint density at radius 3 is 2.43 bits per heavy atom. The monoisotopic (exact) mass is 1170 g/mol. The van der Waals surface area contributed by atoms with Crippen molar-refractivity contribution in [2.24, 2.45) is 0 Å². The molecule has 6 N–H and O–H groups in total. The zero-order valence-corrected chi connectivity index (χ0v) is 47.3. The molecule has 8 amide bonds. The lowest BCUT2D eigenvalue weighted by Crippen LogP contribution is -2.50. The number of amides is 8. The number of carbonyl (C=O) groups is 10. The fraction of sp³-hybridized carbons (Fsp3) is 0.387. The van der Waals surface area contributed by atoms with Crippen molar-refractivity contribution in [3.05, 3.63) is 128 Å². The summed E-state index contributed by atoms with van der Waals surface area (Å²) < 4.78 is 17.9. The van der Waals surface area contributed by atoms with Crippen LogP contribution in [0.1, 0.15) is 109 Å². The van der Waals surface area contributed by atoms with E-state index in [4.69, 9.17) is 19.2 Å². The molecule has 24 heteroatoms. The molecule has 0 saturated carbocycles. The highest BCUT2D eigenvalue weighted by molar-refractivity contribution is 6.13. The molecule has 6 aliphatic heterocycles. The Labute approximate surface area is 492 Å². The molecule has 12 rings (SSSR count). The van der Waals surface area contributed by atoms with Crippen LogP contribution in [0.5, 0.6) is 0 Å². The average Bonchev–Trinajstić information content (AvgIpc) is 1.83. The molecule has 8 heterocycles. The standard InChI is InChI=1S/C62H63N9O15/c1-3-62(83)41-26-46-56-39(29-71(46)59(80)40(41)31-85-60(62)81)55-42-18-17-37-53(33(2)23-43(67-56)54(37)55)38-25-36(16-15-35(38)30-86-61(82)69-22-10-13-45(69)58(79)68-42)65-48(73)27-64-57(78)44(24-34-11-6-4-7-12-34)66-49(74)32-84-52(77)28-63-47(72)14-8-5-9-21-70-50(75)19-20-51(70)76/h4,6-7,11-12,15-16,19-20,23,25-26,42,44-45,83H,3,5,8-10,13-14,17-18,21-22,24,27-32H2,1-2H3,(H,63,72)(H,64,78)(H,65,73)(H,66,74)(H,68,79)/t42-,44-,45-,62-/m0/s1. The van der Waals surface area contributed by atoms with Gasteiger partial charge < -0.3 is 50.5 Å². The highest BCUT2D eigenvalue weighted by Crippen LogP contribution is 2.49. The van der Waals surface area contributed by atoms with E-state index < -0.39 is 90.6 Å². The highest BCUT2D eigenvalue weighted by atomic mass is 16.6. The minimum Gasteiger partial charge on any atom is -0.458 e. The number of hydrogen-bond acceptors (Lipinski definition) is 16. The van der Waals surface area contributed by atoms with Crippen LogP contribution in [0.3, 0.4) is 0 Å². The maximum Gasteiger partial charge on any atom is 0.410 e. The van der Waals surface area contributed by atoms with Gasteiger partial charge in [-0.05, 0) is 115 Å². The lowest BCUT2D eigenvalue weighted by atomic mass is 9.78. The number of imide groups is 1. The van der Waals surface area contributed by atoms with E-state index in [0.29, 0.717) is 96.3 Å². The molecule has 1 saturated heterocycles. The number of aromatic nitrogens is 2. The summed E-state index contributed by atoms with van der Waals surface area (Å²) in [5.74, 6) is -5.44. The van der Waals surface area contributed by atoms with Gasteiger partial charge in [0.15, 0.2) is 12.2 Å². The minimum absolute atomic E-state index is 0.00813. The van der Waals surface area contributed by atoms with Crippen molar-refractivity contribution in [3.8, 4) is 22.5 Å². The van der Waals surface area contributed by atoms with Crippen molar-refractivity contribution in [1.82, 2.24) is 40.6 Å². The summed E-state index contributed by atoms with van der Waals surface area (Å²) in [7, 11) is 0. The van der Waals surface area contributed by atoms with Gasteiger partial charge in [-0.1, -0.05) is 49.7 Å². The molecule has 4 atom stereocenters. The van der Waals surface area contributed by atoms with Gasteiger partial charge in [0.1, 0.15) is 31.8 Å². The van der Waals surface area contributed by atoms with Crippen molar-refractivity contribution in [2.45, 2.75) is 122 Å². The molecule has 3 aromatic carbocycles. The molecule has 0 radical (unpaired) electrons. The summed E-state index contributed by atoms with van der Waals surface area (Å²) in [4.78, 5) is 153. The number of nitrogens with zero attached hydrogens (tertiary/aromatic N) is 4. The second-order valence-corrected chi connectivity index (χ2v) is 22.3. The molecule has 4 bridgehead atoms. The summed E-state index contributed by atoms with van der Waals surface area (Å²) in [6.07, 6.45) is 5.16. The fourth-order valence-electron chi connectivity index (χ4n) is 12.5. The van der Waals surface area contributed by atoms with E-state index in [1.54, 1.807) is 66.1 Å². The van der Waals surface area contributed by atoms with Crippen LogP contribution in [-0.2, 0) is 95.6 Å². The molecular weight excluding hydrogens is 1110 g/mol. The minimum atomic E-state index is -2.05. The summed E-state index contributed by atoms with van der Waals surface area (Å²) in [5, 5.41) is 26.2. The van der Waals surface area contributed by atoms with E-state index in [1.165, 1.54) is 17.1 Å². The Hall–Kier alpha value is -9.58. The van der Waals surface area contributed by atoms with Crippen molar-refractivity contribution >= 4 is 76.0 Å². The van der Waals surface area contributed by atoms with E-state index in [0.717, 1.165) is 32.5 Å².